The lowest BCUT2D eigenvalue weighted by Crippen LogP contribution is -1.89. The first-order valence-electron chi connectivity index (χ1n) is 10.0. The zero-order valence-electron chi connectivity index (χ0n) is 19.0. The largest absolute Gasteiger partial charge is 0.206 e. The van der Waals surface area contributed by atoms with Crippen LogP contribution in [0.15, 0.2) is 83.3 Å². The van der Waals surface area contributed by atoms with E-state index in [0.29, 0.717) is 11.1 Å². The summed E-state index contributed by atoms with van der Waals surface area (Å²) in [5, 5.41) is 0. The van der Waals surface area contributed by atoms with Crippen LogP contribution < -0.4 is 0 Å². The van der Waals surface area contributed by atoms with Crippen LogP contribution in [-0.4, -0.2) is 0 Å². The molecule has 1 rings (SSSR count). The van der Waals surface area contributed by atoms with Crippen molar-refractivity contribution in [3.8, 4) is 0 Å². The second-order valence-corrected chi connectivity index (χ2v) is 6.90. The molecular weight excluding hydrogens is 343 g/mol. The molecule has 1 aromatic carbocycles. The van der Waals surface area contributed by atoms with E-state index in [2.05, 4.69) is 65.1 Å². The molecule has 0 spiro atoms. The Labute approximate surface area is 172 Å². The fourth-order valence-electron chi connectivity index (χ4n) is 2.62. The van der Waals surface area contributed by atoms with Crippen LogP contribution in [-0.2, 0) is 0 Å². The van der Waals surface area contributed by atoms with Gasteiger partial charge in [0.05, 0.1) is 0 Å². The molecule has 0 fully saturated rings. The maximum absolute atomic E-state index is 14.0. The minimum Gasteiger partial charge on any atom is -0.206 e. The molecule has 0 aliphatic rings. The number of rotatable bonds is 7. The van der Waals surface area contributed by atoms with E-state index < -0.39 is 0 Å². The van der Waals surface area contributed by atoms with Crippen LogP contribution >= 0.6 is 0 Å². The molecule has 0 amide bonds. The minimum absolute atomic E-state index is 0.334. The lowest BCUT2D eigenvalue weighted by atomic mass is 9.97. The van der Waals surface area contributed by atoms with Crippen molar-refractivity contribution in [1.29, 1.82) is 0 Å². The summed E-state index contributed by atoms with van der Waals surface area (Å²) in [6.45, 7) is 23.7. The summed E-state index contributed by atoms with van der Waals surface area (Å²) in [5.74, 6) is -0.334. The van der Waals surface area contributed by atoms with Crippen molar-refractivity contribution in [3.63, 3.8) is 0 Å². The van der Waals surface area contributed by atoms with Crippen molar-refractivity contribution in [2.24, 2.45) is 0 Å². The lowest BCUT2D eigenvalue weighted by Gasteiger charge is -2.08. The molecule has 0 atom stereocenters. The van der Waals surface area contributed by atoms with E-state index in [1.807, 2.05) is 32.9 Å². The molecule has 0 unspecified atom stereocenters. The molecule has 0 saturated carbocycles. The Hall–Kier alpha value is -2.41. The molecular formula is C27H37F. The average molecular weight is 381 g/mol. The van der Waals surface area contributed by atoms with Gasteiger partial charge in [-0.2, -0.15) is 0 Å². The van der Waals surface area contributed by atoms with Crippen LogP contribution in [0, 0.1) is 13.8 Å². The van der Waals surface area contributed by atoms with Crippen LogP contribution in [0.3, 0.4) is 0 Å². The number of benzene rings is 1. The van der Waals surface area contributed by atoms with Gasteiger partial charge in [0.2, 0.25) is 0 Å². The van der Waals surface area contributed by atoms with Crippen LogP contribution in [0.1, 0.15) is 64.7 Å². The Kier molecular flexibility index (Phi) is 11.8. The summed E-state index contributed by atoms with van der Waals surface area (Å²) in [6.07, 6.45) is 8.55. The summed E-state index contributed by atoms with van der Waals surface area (Å²) in [7, 11) is 0. The van der Waals surface area contributed by atoms with Gasteiger partial charge in [0.15, 0.2) is 0 Å². The first kappa shape index (κ1) is 25.6. The highest BCUT2D eigenvalue weighted by atomic mass is 19.1. The van der Waals surface area contributed by atoms with Gasteiger partial charge >= 0.3 is 0 Å². The van der Waals surface area contributed by atoms with E-state index in [1.54, 1.807) is 6.92 Å². The molecule has 0 saturated heterocycles. The highest BCUT2D eigenvalue weighted by Crippen LogP contribution is 2.23. The molecule has 0 radical (unpaired) electrons. The van der Waals surface area contributed by atoms with Gasteiger partial charge in [-0.05, 0) is 75.0 Å². The van der Waals surface area contributed by atoms with E-state index in [0.717, 1.165) is 12.0 Å². The zero-order chi connectivity index (χ0) is 21.9. The Morgan fingerprint density at radius 2 is 1.57 bits per heavy atom. The van der Waals surface area contributed by atoms with Crippen LogP contribution in [0.25, 0.3) is 6.08 Å². The van der Waals surface area contributed by atoms with Gasteiger partial charge in [0.1, 0.15) is 5.83 Å². The summed E-state index contributed by atoms with van der Waals surface area (Å²) in [5.41, 5.74) is 8.10. The summed E-state index contributed by atoms with van der Waals surface area (Å²) in [6, 6.07) is 6.49. The smallest absolute Gasteiger partial charge is 0.130 e. The summed E-state index contributed by atoms with van der Waals surface area (Å²) in [4.78, 5) is 0. The van der Waals surface area contributed by atoms with Gasteiger partial charge in [0, 0.05) is 5.57 Å². The van der Waals surface area contributed by atoms with Gasteiger partial charge in [-0.25, -0.2) is 4.39 Å². The van der Waals surface area contributed by atoms with Crippen molar-refractivity contribution in [2.45, 2.75) is 61.8 Å². The van der Waals surface area contributed by atoms with Crippen LogP contribution in [0.2, 0.25) is 0 Å². The Balaban J connectivity index is 0.00000352. The molecule has 152 valence electrons. The number of hydrogen-bond donors (Lipinski definition) is 0. The SMILES string of the molecule is C=C(C)/C=C(/F)C(=C)/C(C)=C/C=C(C)/C(=C/c1ccc(C)cc1C)CC.CC. The molecule has 1 heteroatoms. The van der Waals surface area contributed by atoms with Gasteiger partial charge in [-0.3, -0.25) is 0 Å². The van der Waals surface area contributed by atoms with Gasteiger partial charge in [-0.1, -0.05) is 81.5 Å². The third kappa shape index (κ3) is 8.52. The normalized spacial score (nSPS) is 13.0. The maximum Gasteiger partial charge on any atom is 0.130 e. The average Bonchev–Trinajstić information content (AvgIpc) is 2.65. The zero-order valence-corrected chi connectivity index (χ0v) is 19.0. The molecule has 0 aliphatic carbocycles. The van der Waals surface area contributed by atoms with Crippen molar-refractivity contribution in [3.05, 3.63) is 100.0 Å². The predicted molar refractivity (Wildman–Crippen MR) is 126 cm³/mol. The van der Waals surface area contributed by atoms with E-state index in [9.17, 15) is 4.39 Å². The fourth-order valence-corrected chi connectivity index (χ4v) is 2.62. The van der Waals surface area contributed by atoms with Crippen LogP contribution in [0.5, 0.6) is 0 Å². The summed E-state index contributed by atoms with van der Waals surface area (Å²) >= 11 is 0. The van der Waals surface area contributed by atoms with Gasteiger partial charge in [-0.15, -0.1) is 0 Å². The molecule has 0 aliphatic heterocycles. The second-order valence-electron chi connectivity index (χ2n) is 6.90. The van der Waals surface area contributed by atoms with Crippen molar-refractivity contribution in [2.75, 3.05) is 0 Å². The van der Waals surface area contributed by atoms with Gasteiger partial charge in [0.25, 0.3) is 0 Å². The second kappa shape index (κ2) is 12.9. The Morgan fingerprint density at radius 3 is 2.07 bits per heavy atom. The number of aryl methyl sites for hydroxylation is 2. The van der Waals surface area contributed by atoms with Crippen molar-refractivity contribution >= 4 is 6.08 Å². The molecule has 1 aromatic rings. The van der Waals surface area contributed by atoms with E-state index in [1.165, 1.54) is 33.9 Å². The molecule has 0 aromatic heterocycles. The molecule has 28 heavy (non-hydrogen) atoms. The van der Waals surface area contributed by atoms with Crippen molar-refractivity contribution < 1.29 is 4.39 Å². The molecule has 0 N–H and O–H groups in total. The van der Waals surface area contributed by atoms with E-state index >= 15 is 0 Å². The topological polar surface area (TPSA) is 0 Å². The fraction of sp³-hybridized carbons (Fsp3) is 0.333. The third-order valence-electron chi connectivity index (χ3n) is 4.36. The maximum atomic E-state index is 14.0. The molecule has 0 bridgehead atoms. The first-order valence-corrected chi connectivity index (χ1v) is 10.0. The van der Waals surface area contributed by atoms with E-state index in [-0.39, 0.29) is 5.83 Å². The molecule has 0 nitrogen and oxygen atoms in total. The first-order chi connectivity index (χ1) is 13.1. The van der Waals surface area contributed by atoms with Crippen molar-refractivity contribution in [1.82, 2.24) is 0 Å². The molecule has 0 heterocycles. The number of halogens is 1. The monoisotopic (exact) mass is 380 g/mol. The van der Waals surface area contributed by atoms with E-state index in [4.69, 9.17) is 0 Å². The number of hydrogen-bond acceptors (Lipinski definition) is 0. The lowest BCUT2D eigenvalue weighted by molar-refractivity contribution is 0.654. The Bertz CT molecular complexity index is 811. The minimum atomic E-state index is -0.334. The third-order valence-corrected chi connectivity index (χ3v) is 4.36. The quantitative estimate of drug-likeness (QED) is 0.414. The predicted octanol–water partition coefficient (Wildman–Crippen LogP) is 9.00. The Morgan fingerprint density at radius 1 is 1.00 bits per heavy atom. The highest BCUT2D eigenvalue weighted by molar-refractivity contribution is 5.61. The standard InChI is InChI=1S/C25H31F.C2H6/c1-9-23(16-24-13-10-18(4)15-21(24)7)20(6)12-11-19(5)22(8)25(26)14-17(2)3;1-2/h10-16H,2,8-9H2,1,3-7H3;1-2H3/b19-11+,20-12+,23-16+,25-14+;. The number of allylic oxidation sites excluding steroid dienone is 9. The van der Waals surface area contributed by atoms with Crippen LogP contribution in [0.4, 0.5) is 4.39 Å². The highest BCUT2D eigenvalue weighted by Gasteiger charge is 2.04. The summed E-state index contributed by atoms with van der Waals surface area (Å²) < 4.78 is 14.0. The van der Waals surface area contributed by atoms with Gasteiger partial charge < -0.3 is 0 Å².